The van der Waals surface area contributed by atoms with Gasteiger partial charge in [-0.15, -0.1) is 0 Å². The molecule has 1 heterocycles. The van der Waals surface area contributed by atoms with Gasteiger partial charge in [0, 0.05) is 24.7 Å². The normalized spacial score (nSPS) is 17.9. The van der Waals surface area contributed by atoms with Crippen molar-refractivity contribution in [3.8, 4) is 5.75 Å². The van der Waals surface area contributed by atoms with E-state index in [1.54, 1.807) is 0 Å². The predicted molar refractivity (Wildman–Crippen MR) is 79.7 cm³/mol. The lowest BCUT2D eigenvalue weighted by Gasteiger charge is -2.23. The summed E-state index contributed by atoms with van der Waals surface area (Å²) in [6.07, 6.45) is 1.72. The number of nitrogens with two attached hydrogens (primary N) is 1. The van der Waals surface area contributed by atoms with Gasteiger partial charge in [-0.3, -0.25) is 4.79 Å². The van der Waals surface area contributed by atoms with Gasteiger partial charge < -0.3 is 15.4 Å². The lowest BCUT2D eigenvalue weighted by atomic mass is 10.1. The average molecular weight is 276 g/mol. The number of likely N-dealkylation sites (tertiary alicyclic amines) is 1. The SMILES string of the molecule is Cc1ccc([C@H](C)N)c(OC(C)C(=O)N2CCCC2)c1. The molecular weight excluding hydrogens is 252 g/mol. The first-order valence-electron chi connectivity index (χ1n) is 7.30. The quantitative estimate of drug-likeness (QED) is 0.918. The van der Waals surface area contributed by atoms with Crippen molar-refractivity contribution < 1.29 is 9.53 Å². The first-order chi connectivity index (χ1) is 9.49. The Morgan fingerprint density at radius 2 is 1.95 bits per heavy atom. The van der Waals surface area contributed by atoms with Gasteiger partial charge in [-0.1, -0.05) is 12.1 Å². The number of ether oxygens (including phenoxy) is 1. The van der Waals surface area contributed by atoms with E-state index in [1.165, 1.54) is 0 Å². The predicted octanol–water partition coefficient (Wildman–Crippen LogP) is 2.40. The van der Waals surface area contributed by atoms with Gasteiger partial charge in [-0.2, -0.15) is 0 Å². The molecule has 20 heavy (non-hydrogen) atoms. The van der Waals surface area contributed by atoms with Crippen molar-refractivity contribution in [3.63, 3.8) is 0 Å². The van der Waals surface area contributed by atoms with E-state index in [1.807, 2.05) is 43.9 Å². The van der Waals surface area contributed by atoms with E-state index in [-0.39, 0.29) is 11.9 Å². The number of nitrogens with zero attached hydrogens (tertiary/aromatic N) is 1. The molecule has 1 unspecified atom stereocenters. The van der Waals surface area contributed by atoms with Crippen LogP contribution >= 0.6 is 0 Å². The molecule has 2 rings (SSSR count). The highest BCUT2D eigenvalue weighted by molar-refractivity contribution is 5.81. The molecule has 2 N–H and O–H groups in total. The number of carbonyl (C=O) groups excluding carboxylic acids is 1. The molecule has 0 aromatic heterocycles. The average Bonchev–Trinajstić information content (AvgIpc) is 2.91. The fourth-order valence-electron chi connectivity index (χ4n) is 2.56. The summed E-state index contributed by atoms with van der Waals surface area (Å²) in [4.78, 5) is 14.2. The van der Waals surface area contributed by atoms with Gasteiger partial charge in [0.2, 0.25) is 0 Å². The van der Waals surface area contributed by atoms with Gasteiger partial charge >= 0.3 is 0 Å². The molecule has 1 aliphatic rings. The van der Waals surface area contributed by atoms with Crippen molar-refractivity contribution in [2.75, 3.05) is 13.1 Å². The standard InChI is InChI=1S/C16H24N2O2/c1-11-6-7-14(12(2)17)15(10-11)20-13(3)16(19)18-8-4-5-9-18/h6-7,10,12-13H,4-5,8-9,17H2,1-3H3/t12-,13?/m0/s1. The molecule has 1 fully saturated rings. The molecule has 4 nitrogen and oxygen atoms in total. The van der Waals surface area contributed by atoms with Gasteiger partial charge in [-0.05, 0) is 45.2 Å². The van der Waals surface area contributed by atoms with Gasteiger partial charge in [0.15, 0.2) is 6.10 Å². The van der Waals surface area contributed by atoms with E-state index < -0.39 is 6.10 Å². The minimum absolute atomic E-state index is 0.0691. The van der Waals surface area contributed by atoms with Crippen molar-refractivity contribution in [3.05, 3.63) is 29.3 Å². The molecule has 1 amide bonds. The summed E-state index contributed by atoms with van der Waals surface area (Å²) in [5.74, 6) is 0.791. The van der Waals surface area contributed by atoms with Gasteiger partial charge in [0.1, 0.15) is 5.75 Å². The fourth-order valence-corrected chi connectivity index (χ4v) is 2.56. The topological polar surface area (TPSA) is 55.6 Å². The second kappa shape index (κ2) is 6.27. The number of aryl methyl sites for hydroxylation is 1. The van der Waals surface area contributed by atoms with Crippen LogP contribution in [0.15, 0.2) is 18.2 Å². The van der Waals surface area contributed by atoms with Crippen molar-refractivity contribution in [1.82, 2.24) is 4.90 Å². The van der Waals surface area contributed by atoms with Gasteiger partial charge in [0.25, 0.3) is 5.91 Å². The lowest BCUT2D eigenvalue weighted by Crippen LogP contribution is -2.38. The van der Waals surface area contributed by atoms with Crippen LogP contribution < -0.4 is 10.5 Å². The van der Waals surface area contributed by atoms with Gasteiger partial charge in [0.05, 0.1) is 0 Å². The van der Waals surface area contributed by atoms with Crippen molar-refractivity contribution in [2.45, 2.75) is 45.8 Å². The van der Waals surface area contributed by atoms with Gasteiger partial charge in [-0.25, -0.2) is 0 Å². The van der Waals surface area contributed by atoms with E-state index >= 15 is 0 Å². The fraction of sp³-hybridized carbons (Fsp3) is 0.562. The molecular formula is C16H24N2O2. The third-order valence-corrected chi connectivity index (χ3v) is 3.73. The number of benzene rings is 1. The van der Waals surface area contributed by atoms with Crippen molar-refractivity contribution in [2.24, 2.45) is 5.73 Å². The Bertz CT molecular complexity index is 479. The minimum atomic E-state index is -0.465. The maximum Gasteiger partial charge on any atom is 0.263 e. The molecule has 0 radical (unpaired) electrons. The van der Waals surface area contributed by atoms with E-state index in [9.17, 15) is 4.79 Å². The molecule has 4 heteroatoms. The molecule has 2 atom stereocenters. The van der Waals surface area contributed by atoms with Crippen LogP contribution in [0.1, 0.15) is 43.9 Å². The Morgan fingerprint density at radius 3 is 2.55 bits per heavy atom. The summed E-state index contributed by atoms with van der Waals surface area (Å²) in [6.45, 7) is 7.43. The van der Waals surface area contributed by atoms with Crippen LogP contribution in [0.2, 0.25) is 0 Å². The molecule has 0 saturated carbocycles. The van der Waals surface area contributed by atoms with Crippen molar-refractivity contribution in [1.29, 1.82) is 0 Å². The molecule has 1 aromatic rings. The van der Waals surface area contributed by atoms with Crippen LogP contribution in [0, 0.1) is 6.92 Å². The number of rotatable bonds is 4. The summed E-state index contributed by atoms with van der Waals surface area (Å²) in [6, 6.07) is 5.83. The Kier molecular flexibility index (Phi) is 4.65. The van der Waals surface area contributed by atoms with Crippen LogP contribution in [-0.2, 0) is 4.79 Å². The highest BCUT2D eigenvalue weighted by atomic mass is 16.5. The van der Waals surface area contributed by atoms with Crippen LogP contribution in [-0.4, -0.2) is 30.0 Å². The molecule has 110 valence electrons. The van der Waals surface area contributed by atoms with E-state index in [0.29, 0.717) is 0 Å². The van der Waals surface area contributed by atoms with Crippen LogP contribution in [0.5, 0.6) is 5.75 Å². The first kappa shape index (κ1) is 14.9. The number of hydrogen-bond donors (Lipinski definition) is 1. The summed E-state index contributed by atoms with van der Waals surface area (Å²) in [7, 11) is 0. The molecule has 0 aliphatic carbocycles. The second-order valence-electron chi connectivity index (χ2n) is 5.62. The molecule has 0 bridgehead atoms. The Hall–Kier alpha value is -1.55. The highest BCUT2D eigenvalue weighted by Crippen LogP contribution is 2.26. The lowest BCUT2D eigenvalue weighted by molar-refractivity contribution is -0.136. The zero-order valence-corrected chi connectivity index (χ0v) is 12.6. The summed E-state index contributed by atoms with van der Waals surface area (Å²) in [5.41, 5.74) is 8.01. The Labute approximate surface area is 120 Å². The van der Waals surface area contributed by atoms with E-state index in [0.717, 1.165) is 42.8 Å². The summed E-state index contributed by atoms with van der Waals surface area (Å²) in [5, 5.41) is 0. The minimum Gasteiger partial charge on any atom is -0.481 e. The molecule has 0 spiro atoms. The van der Waals surface area contributed by atoms with E-state index in [2.05, 4.69) is 0 Å². The number of hydrogen-bond acceptors (Lipinski definition) is 3. The largest absolute Gasteiger partial charge is 0.481 e. The van der Waals surface area contributed by atoms with E-state index in [4.69, 9.17) is 10.5 Å². The Balaban J connectivity index is 2.12. The van der Waals surface area contributed by atoms with Crippen LogP contribution in [0.25, 0.3) is 0 Å². The molecule has 1 aromatic carbocycles. The highest BCUT2D eigenvalue weighted by Gasteiger charge is 2.25. The smallest absolute Gasteiger partial charge is 0.263 e. The first-order valence-corrected chi connectivity index (χ1v) is 7.30. The zero-order chi connectivity index (χ0) is 14.7. The van der Waals surface area contributed by atoms with Crippen LogP contribution in [0.4, 0.5) is 0 Å². The monoisotopic (exact) mass is 276 g/mol. The Morgan fingerprint density at radius 1 is 1.30 bits per heavy atom. The zero-order valence-electron chi connectivity index (χ0n) is 12.6. The van der Waals surface area contributed by atoms with Crippen molar-refractivity contribution >= 4 is 5.91 Å². The maximum atomic E-state index is 12.3. The molecule has 1 saturated heterocycles. The maximum absolute atomic E-state index is 12.3. The third kappa shape index (κ3) is 3.31. The number of carbonyl (C=O) groups is 1. The number of amides is 1. The summed E-state index contributed by atoms with van der Waals surface area (Å²) < 4.78 is 5.89. The second-order valence-corrected chi connectivity index (χ2v) is 5.62. The molecule has 1 aliphatic heterocycles. The van der Waals surface area contributed by atoms with Crippen LogP contribution in [0.3, 0.4) is 0 Å². The summed E-state index contributed by atoms with van der Waals surface area (Å²) >= 11 is 0. The third-order valence-electron chi connectivity index (χ3n) is 3.73.